The molecule has 1 fully saturated rings. The van der Waals surface area contributed by atoms with E-state index in [-0.39, 0.29) is 5.91 Å². The van der Waals surface area contributed by atoms with Gasteiger partial charge in [0.1, 0.15) is 11.6 Å². The zero-order chi connectivity index (χ0) is 18.7. The summed E-state index contributed by atoms with van der Waals surface area (Å²) in [5.41, 5.74) is 0.961. The molecule has 1 aliphatic rings. The number of methoxy groups -OCH3 is 1. The molecule has 0 spiro atoms. The van der Waals surface area contributed by atoms with E-state index in [9.17, 15) is 4.79 Å². The second-order valence-corrected chi connectivity index (χ2v) is 7.72. The van der Waals surface area contributed by atoms with Crippen LogP contribution in [0.4, 0.5) is 0 Å². The lowest BCUT2D eigenvalue weighted by Crippen LogP contribution is -2.48. The number of amides is 1. The number of aromatic nitrogens is 3. The smallest absolute Gasteiger partial charge is 0.233 e. The van der Waals surface area contributed by atoms with Crippen LogP contribution >= 0.6 is 11.8 Å². The van der Waals surface area contributed by atoms with Gasteiger partial charge < -0.3 is 9.64 Å². The molecule has 1 amide bonds. The third-order valence-corrected chi connectivity index (χ3v) is 5.85. The molecule has 0 aliphatic carbocycles. The molecule has 1 aliphatic heterocycles. The Bertz CT molecular complexity index is 749. The highest BCUT2D eigenvalue weighted by Gasteiger charge is 2.29. The van der Waals surface area contributed by atoms with Crippen LogP contribution in [0.5, 0.6) is 5.75 Å². The van der Waals surface area contributed by atoms with Crippen molar-refractivity contribution < 1.29 is 9.53 Å². The third-order valence-electron chi connectivity index (χ3n) is 4.93. The molecular weight excluding hydrogens is 348 g/mol. The molecule has 2 atom stereocenters. The van der Waals surface area contributed by atoms with Gasteiger partial charge in [-0.1, -0.05) is 11.8 Å². The highest BCUT2D eigenvalue weighted by atomic mass is 32.2. The van der Waals surface area contributed by atoms with Gasteiger partial charge in [-0.25, -0.2) is 0 Å². The van der Waals surface area contributed by atoms with Gasteiger partial charge in [-0.05, 0) is 64.3 Å². The molecule has 0 N–H and O–H groups in total. The van der Waals surface area contributed by atoms with E-state index in [2.05, 4.69) is 24.0 Å². The molecule has 1 saturated heterocycles. The minimum Gasteiger partial charge on any atom is -0.497 e. The van der Waals surface area contributed by atoms with Gasteiger partial charge in [0.2, 0.25) is 5.91 Å². The minimum absolute atomic E-state index is 0.177. The fourth-order valence-corrected chi connectivity index (χ4v) is 4.45. The predicted octanol–water partition coefficient (Wildman–Crippen LogP) is 3.47. The van der Waals surface area contributed by atoms with E-state index in [1.54, 1.807) is 7.11 Å². The van der Waals surface area contributed by atoms with Crippen molar-refractivity contribution >= 4 is 17.7 Å². The highest BCUT2D eigenvalue weighted by molar-refractivity contribution is 7.99. The zero-order valence-electron chi connectivity index (χ0n) is 15.8. The Morgan fingerprint density at radius 2 is 1.85 bits per heavy atom. The maximum Gasteiger partial charge on any atom is 0.233 e. The Labute approximate surface area is 158 Å². The molecule has 0 unspecified atom stereocenters. The lowest BCUT2D eigenvalue weighted by Gasteiger charge is -2.39. The van der Waals surface area contributed by atoms with Crippen molar-refractivity contribution in [2.75, 3.05) is 12.9 Å². The van der Waals surface area contributed by atoms with Crippen LogP contribution in [-0.2, 0) is 4.79 Å². The quantitative estimate of drug-likeness (QED) is 0.750. The van der Waals surface area contributed by atoms with Crippen molar-refractivity contribution in [2.45, 2.75) is 57.3 Å². The number of likely N-dealkylation sites (tertiary alicyclic amines) is 1. The lowest BCUT2D eigenvalue weighted by atomic mass is 9.98. The predicted molar refractivity (Wildman–Crippen MR) is 103 cm³/mol. The van der Waals surface area contributed by atoms with E-state index in [0.717, 1.165) is 35.3 Å². The summed E-state index contributed by atoms with van der Waals surface area (Å²) in [5, 5.41) is 9.19. The standard InChI is InChI=1S/C19H26N4O2S/c1-13-6-5-7-14(2)22(13)18(24)12-26-19-21-20-15(3)23(19)16-8-10-17(25-4)11-9-16/h8-11,13-14H,5-7,12H2,1-4H3/t13-,14-/m1/s1. The van der Waals surface area contributed by atoms with E-state index < -0.39 is 0 Å². The normalized spacial score (nSPS) is 20.2. The first-order chi connectivity index (χ1) is 12.5. The Morgan fingerprint density at radius 1 is 1.19 bits per heavy atom. The van der Waals surface area contributed by atoms with Crippen molar-refractivity contribution in [2.24, 2.45) is 0 Å². The summed E-state index contributed by atoms with van der Waals surface area (Å²) in [6.45, 7) is 6.20. The van der Waals surface area contributed by atoms with Crippen molar-refractivity contribution in [3.05, 3.63) is 30.1 Å². The number of piperidine rings is 1. The summed E-state index contributed by atoms with van der Waals surface area (Å²) in [6.07, 6.45) is 3.37. The molecule has 0 bridgehead atoms. The Balaban J connectivity index is 1.73. The molecule has 6 nitrogen and oxygen atoms in total. The van der Waals surface area contributed by atoms with Crippen LogP contribution in [0.25, 0.3) is 5.69 Å². The van der Waals surface area contributed by atoms with Crippen LogP contribution in [0.1, 0.15) is 38.9 Å². The maximum absolute atomic E-state index is 12.8. The highest BCUT2D eigenvalue weighted by Crippen LogP contribution is 2.27. The van der Waals surface area contributed by atoms with Crippen molar-refractivity contribution in [1.29, 1.82) is 0 Å². The van der Waals surface area contributed by atoms with Crippen LogP contribution in [0.15, 0.2) is 29.4 Å². The maximum atomic E-state index is 12.8. The number of rotatable bonds is 5. The van der Waals surface area contributed by atoms with Gasteiger partial charge in [-0.3, -0.25) is 9.36 Å². The average Bonchev–Trinajstić information content (AvgIpc) is 3.00. The Hall–Kier alpha value is -2.02. The number of hydrogen-bond donors (Lipinski definition) is 0. The van der Waals surface area contributed by atoms with Gasteiger partial charge >= 0.3 is 0 Å². The fourth-order valence-electron chi connectivity index (χ4n) is 3.58. The number of aryl methyl sites for hydroxylation is 1. The number of nitrogens with zero attached hydrogens (tertiary/aromatic N) is 4. The monoisotopic (exact) mass is 374 g/mol. The SMILES string of the molecule is COc1ccc(-n2c(C)nnc2SCC(=O)N2[C@H](C)CCC[C@H]2C)cc1. The van der Waals surface area contributed by atoms with E-state index in [0.29, 0.717) is 17.8 Å². The number of ether oxygens (including phenoxy) is 1. The molecule has 1 aromatic heterocycles. The van der Waals surface area contributed by atoms with E-state index in [1.807, 2.05) is 40.7 Å². The second kappa shape index (κ2) is 8.12. The number of thioether (sulfide) groups is 1. The van der Waals surface area contributed by atoms with Gasteiger partial charge in [0.25, 0.3) is 0 Å². The first-order valence-electron chi connectivity index (χ1n) is 9.01. The van der Waals surface area contributed by atoms with Crippen LogP contribution < -0.4 is 4.74 Å². The summed E-state index contributed by atoms with van der Waals surface area (Å²) in [7, 11) is 1.65. The molecule has 2 heterocycles. The average molecular weight is 375 g/mol. The van der Waals surface area contributed by atoms with E-state index in [4.69, 9.17) is 4.74 Å². The zero-order valence-corrected chi connectivity index (χ0v) is 16.6. The number of benzene rings is 1. The van der Waals surface area contributed by atoms with E-state index >= 15 is 0 Å². The van der Waals surface area contributed by atoms with Crippen molar-refractivity contribution in [1.82, 2.24) is 19.7 Å². The van der Waals surface area contributed by atoms with Crippen LogP contribution in [0.3, 0.4) is 0 Å². The molecule has 7 heteroatoms. The van der Waals surface area contributed by atoms with Gasteiger partial charge in [0.15, 0.2) is 5.16 Å². The second-order valence-electron chi connectivity index (χ2n) is 6.78. The van der Waals surface area contributed by atoms with Crippen molar-refractivity contribution in [3.8, 4) is 11.4 Å². The van der Waals surface area contributed by atoms with Gasteiger partial charge in [-0.15, -0.1) is 10.2 Å². The fraction of sp³-hybridized carbons (Fsp3) is 0.526. The molecule has 0 radical (unpaired) electrons. The summed E-state index contributed by atoms with van der Waals surface area (Å²) < 4.78 is 7.19. The molecule has 0 saturated carbocycles. The molecule has 1 aromatic carbocycles. The molecule has 3 rings (SSSR count). The third kappa shape index (κ3) is 3.87. The van der Waals surface area contributed by atoms with Gasteiger partial charge in [0.05, 0.1) is 12.9 Å². The van der Waals surface area contributed by atoms with Gasteiger partial charge in [0, 0.05) is 17.8 Å². The molecule has 2 aromatic rings. The largest absolute Gasteiger partial charge is 0.497 e. The molecule has 140 valence electrons. The molecule has 26 heavy (non-hydrogen) atoms. The molecular formula is C19H26N4O2S. The van der Waals surface area contributed by atoms with Crippen LogP contribution in [-0.4, -0.2) is 50.5 Å². The van der Waals surface area contributed by atoms with Gasteiger partial charge in [-0.2, -0.15) is 0 Å². The summed E-state index contributed by atoms with van der Waals surface area (Å²) >= 11 is 1.45. The van der Waals surface area contributed by atoms with Crippen LogP contribution in [0.2, 0.25) is 0 Å². The number of carbonyl (C=O) groups is 1. The lowest BCUT2D eigenvalue weighted by molar-refractivity contribution is -0.134. The van der Waals surface area contributed by atoms with Crippen molar-refractivity contribution in [3.63, 3.8) is 0 Å². The summed E-state index contributed by atoms with van der Waals surface area (Å²) in [5.74, 6) is 2.15. The Kier molecular flexibility index (Phi) is 5.86. The summed E-state index contributed by atoms with van der Waals surface area (Å²) in [4.78, 5) is 14.8. The topological polar surface area (TPSA) is 60.2 Å². The van der Waals surface area contributed by atoms with E-state index in [1.165, 1.54) is 18.2 Å². The summed E-state index contributed by atoms with van der Waals surface area (Å²) in [6, 6.07) is 8.38. The Morgan fingerprint density at radius 3 is 2.46 bits per heavy atom. The number of hydrogen-bond acceptors (Lipinski definition) is 5. The first-order valence-corrected chi connectivity index (χ1v) is 10.00. The number of carbonyl (C=O) groups excluding carboxylic acids is 1. The minimum atomic E-state index is 0.177. The first kappa shape index (κ1) is 18.8. The van der Waals surface area contributed by atoms with Crippen LogP contribution in [0, 0.1) is 6.92 Å².